The molecule has 0 saturated carbocycles. The Kier molecular flexibility index (Phi) is 4.71. The normalized spacial score (nSPS) is 20.9. The van der Waals surface area contributed by atoms with Gasteiger partial charge in [0.25, 0.3) is 0 Å². The fourth-order valence-electron chi connectivity index (χ4n) is 4.86. The van der Waals surface area contributed by atoms with Crippen LogP contribution in [0.3, 0.4) is 0 Å². The fraction of sp³-hybridized carbons (Fsp3) is 0.455. The van der Waals surface area contributed by atoms with E-state index in [1.54, 1.807) is 4.57 Å². The Balaban J connectivity index is 1.44. The number of hydrogen-bond donors (Lipinski definition) is 0. The molecule has 2 aliphatic heterocycles. The van der Waals surface area contributed by atoms with Crippen LogP contribution in [0.4, 0.5) is 0 Å². The Hall–Kier alpha value is -2.58. The number of aryl methyl sites for hydroxylation is 2. The molecule has 156 valence electrons. The van der Waals surface area contributed by atoms with Crippen molar-refractivity contribution in [3.05, 3.63) is 78.0 Å². The van der Waals surface area contributed by atoms with E-state index >= 15 is 0 Å². The summed E-state index contributed by atoms with van der Waals surface area (Å²) in [6, 6.07) is 8.60. The Morgan fingerprint density at radius 1 is 1.10 bits per heavy atom. The summed E-state index contributed by atoms with van der Waals surface area (Å²) in [5.41, 5.74) is 2.17. The first-order chi connectivity index (χ1) is 14.4. The molecule has 30 heavy (non-hydrogen) atoms. The van der Waals surface area contributed by atoms with Crippen LogP contribution in [0.25, 0.3) is 0 Å². The quantitative estimate of drug-likeness (QED) is 0.601. The minimum absolute atomic E-state index is 0.156. The van der Waals surface area contributed by atoms with Gasteiger partial charge in [0, 0.05) is 30.4 Å². The lowest BCUT2D eigenvalue weighted by molar-refractivity contribution is 0.298. The van der Waals surface area contributed by atoms with E-state index < -0.39 is 11.1 Å². The molecule has 0 amide bonds. The molecule has 2 aromatic heterocycles. The molecule has 0 N–H and O–H groups in total. The van der Waals surface area contributed by atoms with Gasteiger partial charge in [0.1, 0.15) is 5.82 Å². The van der Waals surface area contributed by atoms with Crippen LogP contribution in [-0.2, 0) is 25.0 Å². The molecule has 8 heteroatoms. The number of nitrogens with zero attached hydrogens (tertiary/aromatic N) is 5. The predicted octanol–water partition coefficient (Wildman–Crippen LogP) is 2.07. The molecular formula is C22H25N5O2S. The smallest absolute Gasteiger partial charge is 0.298 e. The second-order valence-electron chi connectivity index (χ2n) is 8.58. The Morgan fingerprint density at radius 3 is 2.70 bits per heavy atom. The maximum atomic E-state index is 12.8. The first-order valence-corrected chi connectivity index (χ1v) is 11.2. The van der Waals surface area contributed by atoms with Crippen molar-refractivity contribution in [2.24, 2.45) is 0 Å². The van der Waals surface area contributed by atoms with Crippen molar-refractivity contribution in [3.63, 3.8) is 0 Å². The third kappa shape index (κ3) is 3.33. The largest absolute Gasteiger partial charge is 0.332 e. The SMILES string of the molecule is Cc1cccc(CN2CCC3(CCn4c3nn(Cc3csc(C)n3)c(=O)c4=O)C2)c1. The molecule has 1 fully saturated rings. The summed E-state index contributed by atoms with van der Waals surface area (Å²) in [6.07, 6.45) is 1.82. The summed E-state index contributed by atoms with van der Waals surface area (Å²) >= 11 is 1.54. The van der Waals surface area contributed by atoms with E-state index in [1.165, 1.54) is 27.1 Å². The summed E-state index contributed by atoms with van der Waals surface area (Å²) in [4.78, 5) is 32.3. The number of thiazole rings is 1. The van der Waals surface area contributed by atoms with Crippen LogP contribution in [0.5, 0.6) is 0 Å². The standard InChI is InChI=1S/C22H25N5O2S/c1-15-4-3-5-17(10-15)11-25-8-6-22(14-25)7-9-26-19(28)20(29)27(24-21(22)26)12-18-13-30-16(2)23-18/h3-5,10,13H,6-9,11-12,14H2,1-2H3. The van der Waals surface area contributed by atoms with Gasteiger partial charge in [0.15, 0.2) is 0 Å². The maximum Gasteiger partial charge on any atom is 0.332 e. The van der Waals surface area contributed by atoms with Crippen molar-refractivity contribution in [1.82, 2.24) is 24.2 Å². The zero-order chi connectivity index (χ0) is 20.9. The highest BCUT2D eigenvalue weighted by Crippen LogP contribution is 2.40. The van der Waals surface area contributed by atoms with E-state index in [1.807, 2.05) is 12.3 Å². The molecule has 4 heterocycles. The summed E-state index contributed by atoms with van der Waals surface area (Å²) < 4.78 is 2.93. The van der Waals surface area contributed by atoms with Gasteiger partial charge >= 0.3 is 11.1 Å². The second-order valence-corrected chi connectivity index (χ2v) is 9.64. The number of hydrogen-bond acceptors (Lipinski definition) is 6. The zero-order valence-corrected chi connectivity index (χ0v) is 18.1. The van der Waals surface area contributed by atoms with Crippen LogP contribution in [0.1, 0.15) is 40.5 Å². The predicted molar refractivity (Wildman–Crippen MR) is 116 cm³/mol. The van der Waals surface area contributed by atoms with Crippen LogP contribution in [0, 0.1) is 13.8 Å². The number of aromatic nitrogens is 4. The molecule has 7 nitrogen and oxygen atoms in total. The molecule has 1 unspecified atom stereocenters. The van der Waals surface area contributed by atoms with Gasteiger partial charge in [0.05, 0.1) is 17.2 Å². The lowest BCUT2D eigenvalue weighted by atomic mass is 9.85. The third-order valence-electron chi connectivity index (χ3n) is 6.32. The molecule has 1 atom stereocenters. The molecule has 0 bridgehead atoms. The van der Waals surface area contributed by atoms with Gasteiger partial charge in [0.2, 0.25) is 0 Å². The van der Waals surface area contributed by atoms with Crippen LogP contribution >= 0.6 is 11.3 Å². The molecule has 5 rings (SSSR count). The summed E-state index contributed by atoms with van der Waals surface area (Å²) in [7, 11) is 0. The van der Waals surface area contributed by atoms with Crippen LogP contribution in [-0.4, -0.2) is 37.3 Å². The molecule has 1 aromatic carbocycles. The number of rotatable bonds is 4. The van der Waals surface area contributed by atoms with Crippen molar-refractivity contribution in [2.45, 2.75) is 51.7 Å². The van der Waals surface area contributed by atoms with Gasteiger partial charge in [-0.3, -0.25) is 19.1 Å². The molecule has 3 aromatic rings. The van der Waals surface area contributed by atoms with Crippen molar-refractivity contribution in [1.29, 1.82) is 0 Å². The van der Waals surface area contributed by atoms with E-state index in [0.717, 1.165) is 49.0 Å². The Morgan fingerprint density at radius 2 is 1.93 bits per heavy atom. The van der Waals surface area contributed by atoms with Gasteiger partial charge in [-0.25, -0.2) is 9.67 Å². The topological polar surface area (TPSA) is 73.0 Å². The molecule has 0 aliphatic carbocycles. The van der Waals surface area contributed by atoms with Gasteiger partial charge in [-0.2, -0.15) is 5.10 Å². The van der Waals surface area contributed by atoms with Gasteiger partial charge in [-0.15, -0.1) is 11.3 Å². The lowest BCUT2D eigenvalue weighted by Crippen LogP contribution is -2.45. The first kappa shape index (κ1) is 19.4. The van der Waals surface area contributed by atoms with Gasteiger partial charge in [-0.1, -0.05) is 29.8 Å². The summed E-state index contributed by atoms with van der Waals surface area (Å²) in [5, 5.41) is 7.57. The highest BCUT2D eigenvalue weighted by Gasteiger charge is 2.47. The van der Waals surface area contributed by atoms with Gasteiger partial charge in [-0.05, 0) is 38.8 Å². The number of benzene rings is 1. The number of fused-ring (bicyclic) bond motifs is 2. The van der Waals surface area contributed by atoms with Crippen molar-refractivity contribution < 1.29 is 0 Å². The fourth-order valence-corrected chi connectivity index (χ4v) is 5.47. The summed E-state index contributed by atoms with van der Waals surface area (Å²) in [6.45, 7) is 7.58. The lowest BCUT2D eigenvalue weighted by Gasteiger charge is -2.24. The van der Waals surface area contributed by atoms with Crippen molar-refractivity contribution in [3.8, 4) is 0 Å². The van der Waals surface area contributed by atoms with E-state index in [-0.39, 0.29) is 12.0 Å². The minimum atomic E-state index is -0.559. The average molecular weight is 424 g/mol. The van der Waals surface area contributed by atoms with Crippen molar-refractivity contribution in [2.75, 3.05) is 13.1 Å². The maximum absolute atomic E-state index is 12.8. The molecule has 0 radical (unpaired) electrons. The zero-order valence-electron chi connectivity index (χ0n) is 17.3. The van der Waals surface area contributed by atoms with E-state index in [2.05, 4.69) is 41.1 Å². The second kappa shape index (κ2) is 7.28. The van der Waals surface area contributed by atoms with E-state index in [9.17, 15) is 9.59 Å². The average Bonchev–Trinajstić information content (AvgIpc) is 3.40. The Bertz CT molecular complexity index is 1230. The minimum Gasteiger partial charge on any atom is -0.298 e. The molecule has 2 aliphatic rings. The first-order valence-electron chi connectivity index (χ1n) is 10.3. The molecular weight excluding hydrogens is 398 g/mol. The van der Waals surface area contributed by atoms with Crippen molar-refractivity contribution >= 4 is 11.3 Å². The van der Waals surface area contributed by atoms with Crippen LogP contribution in [0.15, 0.2) is 39.2 Å². The molecule has 1 spiro atoms. The summed E-state index contributed by atoms with van der Waals surface area (Å²) in [5.74, 6) is 0.769. The highest BCUT2D eigenvalue weighted by molar-refractivity contribution is 7.09. The van der Waals surface area contributed by atoms with Crippen LogP contribution < -0.4 is 11.1 Å². The highest BCUT2D eigenvalue weighted by atomic mass is 32.1. The van der Waals surface area contributed by atoms with Crippen LogP contribution in [0.2, 0.25) is 0 Å². The third-order valence-corrected chi connectivity index (χ3v) is 7.14. The van der Waals surface area contributed by atoms with E-state index in [4.69, 9.17) is 5.10 Å². The Labute approximate surface area is 178 Å². The number of likely N-dealkylation sites (tertiary alicyclic amines) is 1. The monoisotopic (exact) mass is 423 g/mol. The van der Waals surface area contributed by atoms with E-state index in [0.29, 0.717) is 6.54 Å². The molecule has 1 saturated heterocycles. The van der Waals surface area contributed by atoms with Gasteiger partial charge < -0.3 is 0 Å².